The van der Waals surface area contributed by atoms with E-state index in [-0.39, 0.29) is 17.3 Å². The van der Waals surface area contributed by atoms with Gasteiger partial charge in [-0.1, -0.05) is 54.4 Å². The summed E-state index contributed by atoms with van der Waals surface area (Å²) in [5.41, 5.74) is 0.951. The summed E-state index contributed by atoms with van der Waals surface area (Å²) < 4.78 is 33.8. The van der Waals surface area contributed by atoms with Crippen molar-refractivity contribution >= 4 is 50.7 Å². The highest BCUT2D eigenvalue weighted by atomic mass is 35.5. The number of nitrogens with one attached hydrogen (secondary N) is 1. The van der Waals surface area contributed by atoms with Gasteiger partial charge in [0.05, 0.1) is 27.7 Å². The molecule has 0 saturated carbocycles. The Kier molecular flexibility index (Phi) is 10.6. The standard InChI is InChI=1S/C28H31Cl2N3O5S/c1-4-26(28(35)31-5-2)32(18-20-11-16-24(29)25(30)17-20)27(34)19-33(21-9-7-6-8-10-21)39(36,37)23-14-12-22(38-3)13-15-23/h6-17,26H,4-5,18-19H2,1-3H3,(H,31,35)/t26-/m0/s1. The lowest BCUT2D eigenvalue weighted by Gasteiger charge is -2.33. The van der Waals surface area contributed by atoms with Crippen molar-refractivity contribution in [3.05, 3.63) is 88.4 Å². The first kappa shape index (κ1) is 30.3. The Morgan fingerprint density at radius 2 is 1.62 bits per heavy atom. The van der Waals surface area contributed by atoms with Crippen molar-refractivity contribution in [2.24, 2.45) is 0 Å². The molecule has 0 aromatic heterocycles. The number of ether oxygens (including phenoxy) is 1. The van der Waals surface area contributed by atoms with Gasteiger partial charge in [0.15, 0.2) is 0 Å². The number of carbonyl (C=O) groups excluding carboxylic acids is 2. The number of likely N-dealkylation sites (N-methyl/N-ethyl adjacent to an activating group) is 1. The van der Waals surface area contributed by atoms with Gasteiger partial charge in [-0.05, 0) is 67.4 Å². The Bertz CT molecular complexity index is 1390. The number of nitrogens with zero attached hydrogens (tertiary/aromatic N) is 2. The van der Waals surface area contributed by atoms with Gasteiger partial charge in [0.2, 0.25) is 11.8 Å². The summed E-state index contributed by atoms with van der Waals surface area (Å²) in [6.45, 7) is 3.45. The smallest absolute Gasteiger partial charge is 0.264 e. The quantitative estimate of drug-likeness (QED) is 0.314. The lowest BCUT2D eigenvalue weighted by molar-refractivity contribution is -0.140. The van der Waals surface area contributed by atoms with Crippen molar-refractivity contribution in [1.82, 2.24) is 10.2 Å². The minimum atomic E-state index is -4.16. The topological polar surface area (TPSA) is 96.0 Å². The van der Waals surface area contributed by atoms with E-state index < -0.39 is 28.5 Å². The molecule has 1 N–H and O–H groups in total. The first-order valence-electron chi connectivity index (χ1n) is 12.3. The molecule has 0 heterocycles. The van der Waals surface area contributed by atoms with E-state index in [0.717, 1.165) is 4.31 Å². The summed E-state index contributed by atoms with van der Waals surface area (Å²) in [6, 6.07) is 18.4. The van der Waals surface area contributed by atoms with Gasteiger partial charge in [-0.3, -0.25) is 13.9 Å². The molecule has 3 rings (SSSR count). The molecule has 11 heteroatoms. The minimum absolute atomic E-state index is 0.00764. The number of carbonyl (C=O) groups is 2. The molecule has 39 heavy (non-hydrogen) atoms. The zero-order chi connectivity index (χ0) is 28.6. The van der Waals surface area contributed by atoms with E-state index in [9.17, 15) is 18.0 Å². The first-order chi connectivity index (χ1) is 18.6. The van der Waals surface area contributed by atoms with Crippen molar-refractivity contribution < 1.29 is 22.7 Å². The number of anilines is 1. The van der Waals surface area contributed by atoms with Crippen LogP contribution < -0.4 is 14.4 Å². The summed E-state index contributed by atoms with van der Waals surface area (Å²) >= 11 is 12.3. The number of amides is 2. The number of hydrogen-bond acceptors (Lipinski definition) is 5. The third-order valence-electron chi connectivity index (χ3n) is 6.04. The second-order valence-electron chi connectivity index (χ2n) is 8.61. The fraction of sp³-hybridized carbons (Fsp3) is 0.286. The van der Waals surface area contributed by atoms with E-state index in [2.05, 4.69) is 5.32 Å². The molecule has 0 aliphatic carbocycles. The zero-order valence-corrected chi connectivity index (χ0v) is 24.3. The maximum atomic E-state index is 13.9. The normalized spacial score (nSPS) is 11.9. The highest BCUT2D eigenvalue weighted by molar-refractivity contribution is 7.92. The van der Waals surface area contributed by atoms with Gasteiger partial charge in [-0.25, -0.2) is 8.42 Å². The van der Waals surface area contributed by atoms with Gasteiger partial charge >= 0.3 is 0 Å². The molecular weight excluding hydrogens is 561 g/mol. The molecule has 0 aliphatic rings. The molecule has 3 aromatic carbocycles. The van der Waals surface area contributed by atoms with Crippen LogP contribution in [0.3, 0.4) is 0 Å². The maximum absolute atomic E-state index is 13.9. The highest BCUT2D eigenvalue weighted by Gasteiger charge is 2.33. The first-order valence-corrected chi connectivity index (χ1v) is 14.5. The van der Waals surface area contributed by atoms with E-state index >= 15 is 0 Å². The monoisotopic (exact) mass is 591 g/mol. The Morgan fingerprint density at radius 3 is 2.18 bits per heavy atom. The molecule has 0 aliphatic heterocycles. The number of methoxy groups -OCH3 is 1. The predicted molar refractivity (Wildman–Crippen MR) is 154 cm³/mol. The van der Waals surface area contributed by atoms with Crippen LogP contribution in [-0.2, 0) is 26.2 Å². The van der Waals surface area contributed by atoms with Gasteiger partial charge in [0.1, 0.15) is 18.3 Å². The van der Waals surface area contributed by atoms with Crippen LogP contribution >= 0.6 is 23.2 Å². The van der Waals surface area contributed by atoms with Gasteiger partial charge in [-0.2, -0.15) is 0 Å². The van der Waals surface area contributed by atoms with Gasteiger partial charge < -0.3 is 15.0 Å². The Morgan fingerprint density at radius 1 is 0.949 bits per heavy atom. The predicted octanol–water partition coefficient (Wildman–Crippen LogP) is 5.14. The van der Waals surface area contributed by atoms with Crippen LogP contribution in [0.25, 0.3) is 0 Å². The molecule has 0 bridgehead atoms. The van der Waals surface area contributed by atoms with Gasteiger partial charge in [0.25, 0.3) is 10.0 Å². The molecule has 0 radical (unpaired) electrons. The lowest BCUT2D eigenvalue weighted by Crippen LogP contribution is -2.52. The number of para-hydroxylation sites is 1. The largest absolute Gasteiger partial charge is 0.497 e. The number of hydrogen-bond donors (Lipinski definition) is 1. The van der Waals surface area contributed by atoms with Crippen molar-refractivity contribution in [2.45, 2.75) is 37.8 Å². The fourth-order valence-corrected chi connectivity index (χ4v) is 5.78. The summed E-state index contributed by atoms with van der Waals surface area (Å²) in [5, 5.41) is 3.43. The second-order valence-corrected chi connectivity index (χ2v) is 11.3. The van der Waals surface area contributed by atoms with E-state index in [0.29, 0.717) is 40.0 Å². The van der Waals surface area contributed by atoms with Crippen LogP contribution in [0.4, 0.5) is 5.69 Å². The molecule has 2 amide bonds. The number of halogens is 2. The van der Waals surface area contributed by atoms with Gasteiger partial charge in [0, 0.05) is 13.1 Å². The number of rotatable bonds is 12. The fourth-order valence-electron chi connectivity index (χ4n) is 4.04. The third-order valence-corrected chi connectivity index (χ3v) is 8.57. The molecule has 1 atom stereocenters. The number of sulfonamides is 1. The van der Waals surface area contributed by atoms with Crippen molar-refractivity contribution in [3.63, 3.8) is 0 Å². The lowest BCUT2D eigenvalue weighted by atomic mass is 10.1. The van der Waals surface area contributed by atoms with Crippen molar-refractivity contribution in [2.75, 3.05) is 24.5 Å². The van der Waals surface area contributed by atoms with Crippen LogP contribution in [0.1, 0.15) is 25.8 Å². The summed E-state index contributed by atoms with van der Waals surface area (Å²) in [4.78, 5) is 28.3. The second kappa shape index (κ2) is 13.7. The van der Waals surface area contributed by atoms with Crippen molar-refractivity contribution in [3.8, 4) is 5.75 Å². The van der Waals surface area contributed by atoms with E-state index in [1.54, 1.807) is 62.4 Å². The molecule has 8 nitrogen and oxygen atoms in total. The number of benzene rings is 3. The molecule has 0 fully saturated rings. The summed E-state index contributed by atoms with van der Waals surface area (Å²) in [7, 11) is -2.68. The molecular formula is C28H31Cl2N3O5S. The average molecular weight is 593 g/mol. The van der Waals surface area contributed by atoms with E-state index in [1.165, 1.54) is 36.3 Å². The van der Waals surface area contributed by atoms with Crippen LogP contribution in [0.15, 0.2) is 77.7 Å². The molecule has 0 spiro atoms. The van der Waals surface area contributed by atoms with Gasteiger partial charge in [-0.15, -0.1) is 0 Å². The van der Waals surface area contributed by atoms with E-state index in [4.69, 9.17) is 27.9 Å². The average Bonchev–Trinajstić information content (AvgIpc) is 2.94. The summed E-state index contributed by atoms with van der Waals surface area (Å²) in [6.07, 6.45) is 0.315. The minimum Gasteiger partial charge on any atom is -0.497 e. The molecule has 0 saturated heterocycles. The zero-order valence-electron chi connectivity index (χ0n) is 21.9. The summed E-state index contributed by atoms with van der Waals surface area (Å²) in [5.74, 6) is -0.394. The molecule has 0 unspecified atom stereocenters. The molecule has 3 aromatic rings. The molecule has 208 valence electrons. The Hall–Kier alpha value is -3.27. The van der Waals surface area contributed by atoms with Crippen LogP contribution in [0.5, 0.6) is 5.75 Å². The van der Waals surface area contributed by atoms with Crippen LogP contribution in [0.2, 0.25) is 10.0 Å². The van der Waals surface area contributed by atoms with Crippen molar-refractivity contribution in [1.29, 1.82) is 0 Å². The Labute approximate surface area is 239 Å². The van der Waals surface area contributed by atoms with E-state index in [1.807, 2.05) is 0 Å². The Balaban J connectivity index is 2.04. The SMILES string of the molecule is CCNC(=O)[C@H](CC)N(Cc1ccc(Cl)c(Cl)c1)C(=O)CN(c1ccccc1)S(=O)(=O)c1ccc(OC)cc1. The van der Waals surface area contributed by atoms with Crippen LogP contribution in [-0.4, -0.2) is 51.4 Å². The highest BCUT2D eigenvalue weighted by Crippen LogP contribution is 2.27. The third kappa shape index (κ3) is 7.44. The van der Waals surface area contributed by atoms with Crippen LogP contribution in [0, 0.1) is 0 Å². The maximum Gasteiger partial charge on any atom is 0.264 e.